The normalized spacial score (nSPS) is 19.2. The van der Waals surface area contributed by atoms with E-state index in [1.807, 2.05) is 25.3 Å². The second kappa shape index (κ2) is 4.18. The van der Waals surface area contributed by atoms with Crippen LogP contribution in [0, 0.1) is 12.8 Å². The van der Waals surface area contributed by atoms with E-state index >= 15 is 0 Å². The Bertz CT molecular complexity index is 397. The molecule has 1 aromatic heterocycles. The van der Waals surface area contributed by atoms with Crippen molar-refractivity contribution in [3.63, 3.8) is 0 Å². The van der Waals surface area contributed by atoms with Crippen molar-refractivity contribution in [1.29, 1.82) is 0 Å². The highest BCUT2D eigenvalue weighted by Gasteiger charge is 2.41. The van der Waals surface area contributed by atoms with Crippen LogP contribution in [0.3, 0.4) is 0 Å². The highest BCUT2D eigenvalue weighted by molar-refractivity contribution is 7.12. The second-order valence-corrected chi connectivity index (χ2v) is 5.70. The largest absolute Gasteiger partial charge is 0.345 e. The molecule has 1 atom stereocenters. The van der Waals surface area contributed by atoms with Crippen LogP contribution in [0.2, 0.25) is 0 Å². The van der Waals surface area contributed by atoms with E-state index in [9.17, 15) is 4.79 Å². The first-order valence-electron chi connectivity index (χ1n) is 5.63. The quantitative estimate of drug-likeness (QED) is 0.842. The minimum atomic E-state index is -0.229. The van der Waals surface area contributed by atoms with Gasteiger partial charge in [0.1, 0.15) is 0 Å². The molecular weight excluding hydrogens is 220 g/mol. The molecule has 3 N–H and O–H groups in total. The summed E-state index contributed by atoms with van der Waals surface area (Å²) in [4.78, 5) is 12.9. The van der Waals surface area contributed by atoms with Gasteiger partial charge in [0.25, 0.3) is 5.91 Å². The summed E-state index contributed by atoms with van der Waals surface area (Å²) in [6.45, 7) is 4.52. The monoisotopic (exact) mass is 238 g/mol. The summed E-state index contributed by atoms with van der Waals surface area (Å²) in [7, 11) is 0. The molecule has 0 spiro atoms. The van der Waals surface area contributed by atoms with E-state index in [0.717, 1.165) is 10.4 Å². The molecule has 88 valence electrons. The lowest BCUT2D eigenvalue weighted by molar-refractivity contribution is 0.0901. The van der Waals surface area contributed by atoms with Crippen molar-refractivity contribution in [1.82, 2.24) is 5.32 Å². The van der Waals surface area contributed by atoms with E-state index < -0.39 is 0 Å². The van der Waals surface area contributed by atoms with Crippen molar-refractivity contribution >= 4 is 17.2 Å². The van der Waals surface area contributed by atoms with E-state index in [-0.39, 0.29) is 11.4 Å². The van der Waals surface area contributed by atoms with Gasteiger partial charge in [0, 0.05) is 6.54 Å². The van der Waals surface area contributed by atoms with Gasteiger partial charge in [0.2, 0.25) is 0 Å². The number of thiophene rings is 1. The second-order valence-electron chi connectivity index (χ2n) is 4.78. The highest BCUT2D eigenvalue weighted by Crippen LogP contribution is 2.39. The topological polar surface area (TPSA) is 55.1 Å². The van der Waals surface area contributed by atoms with E-state index in [2.05, 4.69) is 5.32 Å². The van der Waals surface area contributed by atoms with Gasteiger partial charge in [0.05, 0.1) is 10.4 Å². The number of aryl methyl sites for hydroxylation is 1. The van der Waals surface area contributed by atoms with Crippen LogP contribution in [0.4, 0.5) is 0 Å². The van der Waals surface area contributed by atoms with Crippen LogP contribution in [-0.4, -0.2) is 18.0 Å². The zero-order chi connectivity index (χ0) is 11.8. The van der Waals surface area contributed by atoms with E-state index in [1.54, 1.807) is 0 Å². The smallest absolute Gasteiger partial charge is 0.262 e. The Morgan fingerprint density at radius 2 is 2.38 bits per heavy atom. The lowest BCUT2D eigenvalue weighted by Gasteiger charge is -2.29. The van der Waals surface area contributed by atoms with Crippen molar-refractivity contribution in [2.45, 2.75) is 32.2 Å². The Labute approximate surface area is 100 Å². The fourth-order valence-electron chi connectivity index (χ4n) is 1.96. The summed E-state index contributed by atoms with van der Waals surface area (Å²) in [5.74, 6) is 0.578. The molecule has 1 aliphatic rings. The van der Waals surface area contributed by atoms with Crippen LogP contribution in [0.15, 0.2) is 11.4 Å². The van der Waals surface area contributed by atoms with Crippen LogP contribution in [0.5, 0.6) is 0 Å². The van der Waals surface area contributed by atoms with Gasteiger partial charge in [-0.1, -0.05) is 0 Å². The summed E-state index contributed by atoms with van der Waals surface area (Å²) in [6.07, 6.45) is 2.36. The Morgan fingerprint density at radius 1 is 1.69 bits per heavy atom. The molecule has 0 bridgehead atoms. The van der Waals surface area contributed by atoms with E-state index in [0.29, 0.717) is 12.5 Å². The van der Waals surface area contributed by atoms with Crippen molar-refractivity contribution in [2.75, 3.05) is 6.54 Å². The lowest BCUT2D eigenvalue weighted by atomic mass is 9.96. The van der Waals surface area contributed by atoms with Gasteiger partial charge in [-0.05, 0) is 49.6 Å². The molecule has 1 amide bonds. The number of hydrogen-bond acceptors (Lipinski definition) is 3. The number of carbonyl (C=O) groups excluding carboxylic acids is 1. The van der Waals surface area contributed by atoms with Crippen LogP contribution in [-0.2, 0) is 0 Å². The molecule has 1 aromatic rings. The van der Waals surface area contributed by atoms with Crippen LogP contribution >= 0.6 is 11.3 Å². The van der Waals surface area contributed by atoms with E-state index in [4.69, 9.17) is 5.73 Å². The maximum atomic E-state index is 12.1. The third kappa shape index (κ3) is 2.13. The molecule has 0 aliphatic heterocycles. The van der Waals surface area contributed by atoms with Gasteiger partial charge in [-0.2, -0.15) is 0 Å². The van der Waals surface area contributed by atoms with Gasteiger partial charge in [-0.15, -0.1) is 11.3 Å². The Morgan fingerprint density at radius 3 is 2.81 bits per heavy atom. The minimum absolute atomic E-state index is 0.0207. The third-order valence-electron chi connectivity index (χ3n) is 3.37. The average Bonchev–Trinajstić information content (AvgIpc) is 3.02. The zero-order valence-electron chi connectivity index (χ0n) is 9.75. The first-order valence-corrected chi connectivity index (χ1v) is 6.51. The molecule has 1 saturated carbocycles. The number of rotatable bonds is 4. The lowest BCUT2D eigenvalue weighted by Crippen LogP contribution is -2.53. The fraction of sp³-hybridized carbons (Fsp3) is 0.583. The zero-order valence-corrected chi connectivity index (χ0v) is 10.6. The number of amides is 1. The molecule has 0 radical (unpaired) electrons. The Kier molecular flexibility index (Phi) is 3.04. The van der Waals surface area contributed by atoms with E-state index in [1.165, 1.54) is 24.2 Å². The summed E-state index contributed by atoms with van der Waals surface area (Å²) in [5.41, 5.74) is 6.59. The number of carbonyl (C=O) groups is 1. The molecule has 16 heavy (non-hydrogen) atoms. The highest BCUT2D eigenvalue weighted by atomic mass is 32.1. The summed E-state index contributed by atoms with van der Waals surface area (Å²) in [6, 6.07) is 1.97. The number of nitrogens with one attached hydrogen (secondary N) is 1. The molecule has 2 rings (SSSR count). The molecule has 0 aromatic carbocycles. The third-order valence-corrected chi connectivity index (χ3v) is 4.39. The van der Waals surface area contributed by atoms with Crippen molar-refractivity contribution in [3.8, 4) is 0 Å². The molecular formula is C12H18N2OS. The summed E-state index contributed by atoms with van der Waals surface area (Å²) in [5, 5.41) is 5.04. The molecule has 0 saturated heterocycles. The predicted octanol–water partition coefficient (Wildman–Crippen LogP) is 1.91. The summed E-state index contributed by atoms with van der Waals surface area (Å²) >= 11 is 1.49. The average molecular weight is 238 g/mol. The maximum absolute atomic E-state index is 12.1. The fourth-order valence-corrected chi connectivity index (χ4v) is 2.78. The van der Waals surface area contributed by atoms with Crippen LogP contribution in [0.1, 0.15) is 35.0 Å². The molecule has 3 nitrogen and oxygen atoms in total. The van der Waals surface area contributed by atoms with Crippen LogP contribution < -0.4 is 11.1 Å². The van der Waals surface area contributed by atoms with Gasteiger partial charge in [0.15, 0.2) is 0 Å². The molecule has 1 heterocycles. The Balaban J connectivity index is 2.09. The molecule has 1 fully saturated rings. The van der Waals surface area contributed by atoms with Crippen molar-refractivity contribution in [3.05, 3.63) is 21.9 Å². The number of nitrogens with two attached hydrogens (primary N) is 1. The molecule has 4 heteroatoms. The Hall–Kier alpha value is -0.870. The van der Waals surface area contributed by atoms with Crippen molar-refractivity contribution in [2.24, 2.45) is 11.7 Å². The van der Waals surface area contributed by atoms with Gasteiger partial charge < -0.3 is 11.1 Å². The van der Waals surface area contributed by atoms with Crippen LogP contribution in [0.25, 0.3) is 0 Å². The first-order chi connectivity index (χ1) is 7.57. The SMILES string of the molecule is Cc1ccsc1C(=O)NC(C)(CN)C1CC1. The predicted molar refractivity (Wildman–Crippen MR) is 66.7 cm³/mol. The van der Waals surface area contributed by atoms with Gasteiger partial charge >= 0.3 is 0 Å². The van der Waals surface area contributed by atoms with Crippen molar-refractivity contribution < 1.29 is 4.79 Å². The molecule has 1 unspecified atom stereocenters. The standard InChI is InChI=1S/C12H18N2OS/c1-8-5-6-16-10(8)11(15)14-12(2,7-13)9-3-4-9/h5-6,9H,3-4,7,13H2,1-2H3,(H,14,15). The van der Waals surface area contributed by atoms with Gasteiger partial charge in [-0.25, -0.2) is 0 Å². The minimum Gasteiger partial charge on any atom is -0.345 e. The summed E-state index contributed by atoms with van der Waals surface area (Å²) < 4.78 is 0. The maximum Gasteiger partial charge on any atom is 0.262 e. The van der Waals surface area contributed by atoms with Gasteiger partial charge in [-0.3, -0.25) is 4.79 Å². The number of hydrogen-bond donors (Lipinski definition) is 2. The molecule has 1 aliphatic carbocycles. The first kappa shape index (κ1) is 11.6.